The van der Waals surface area contributed by atoms with Crippen molar-refractivity contribution < 1.29 is 8.91 Å². The summed E-state index contributed by atoms with van der Waals surface area (Å²) < 4.78 is 19.4. The summed E-state index contributed by atoms with van der Waals surface area (Å²) in [5.41, 5.74) is 0.605. The summed E-state index contributed by atoms with van der Waals surface area (Å²) in [6.07, 6.45) is 0.979. The highest BCUT2D eigenvalue weighted by Crippen LogP contribution is 2.30. The Hall–Kier alpha value is -1.27. The number of aromatic nitrogens is 2. The van der Waals surface area contributed by atoms with Gasteiger partial charge in [-0.3, -0.25) is 0 Å². The molecule has 1 aliphatic heterocycles. The van der Waals surface area contributed by atoms with E-state index < -0.39 is 0 Å². The maximum Gasteiger partial charge on any atom is 0.231 e. The number of hydrogen-bond donors (Lipinski definition) is 1. The lowest BCUT2D eigenvalue weighted by atomic mass is 10.0. The molecule has 4 nitrogen and oxygen atoms in total. The molecule has 0 amide bonds. The van der Waals surface area contributed by atoms with Gasteiger partial charge in [-0.05, 0) is 38.1 Å². The van der Waals surface area contributed by atoms with Crippen LogP contribution in [0, 0.1) is 5.82 Å². The summed E-state index contributed by atoms with van der Waals surface area (Å²) in [7, 11) is 0. The van der Waals surface area contributed by atoms with Gasteiger partial charge < -0.3 is 9.84 Å². The van der Waals surface area contributed by atoms with Crippen molar-refractivity contribution in [2.24, 2.45) is 0 Å². The van der Waals surface area contributed by atoms with Crippen LogP contribution >= 0.6 is 15.9 Å². The van der Waals surface area contributed by atoms with Gasteiger partial charge in [0, 0.05) is 16.1 Å². The molecule has 0 aliphatic carbocycles. The first-order chi connectivity index (χ1) is 9.15. The molecule has 19 heavy (non-hydrogen) atoms. The van der Waals surface area contributed by atoms with Crippen LogP contribution in [0.2, 0.25) is 0 Å². The number of halogens is 2. The van der Waals surface area contributed by atoms with Gasteiger partial charge in [0.05, 0.1) is 5.92 Å². The Labute approximate surface area is 118 Å². The Bertz CT molecular complexity index is 601. The lowest BCUT2D eigenvalue weighted by Crippen LogP contribution is -2.21. The van der Waals surface area contributed by atoms with Gasteiger partial charge in [-0.2, -0.15) is 4.98 Å². The minimum absolute atomic E-state index is 0.230. The summed E-state index contributed by atoms with van der Waals surface area (Å²) in [6, 6.07) is 4.75. The van der Waals surface area contributed by atoms with Gasteiger partial charge in [-0.25, -0.2) is 4.39 Å². The lowest BCUT2D eigenvalue weighted by molar-refractivity contribution is 0.345. The second-order valence-corrected chi connectivity index (χ2v) is 5.57. The molecule has 1 saturated heterocycles. The van der Waals surface area contributed by atoms with E-state index in [0.717, 1.165) is 17.4 Å². The van der Waals surface area contributed by atoms with Gasteiger partial charge in [0.25, 0.3) is 0 Å². The topological polar surface area (TPSA) is 51.0 Å². The minimum atomic E-state index is -0.319. The van der Waals surface area contributed by atoms with Crippen LogP contribution in [-0.2, 0) is 0 Å². The molecular weight excluding hydrogens is 313 g/mol. The second-order valence-electron chi connectivity index (χ2n) is 4.72. The number of nitrogens with zero attached hydrogens (tertiary/aromatic N) is 2. The Morgan fingerprint density at radius 3 is 3.05 bits per heavy atom. The van der Waals surface area contributed by atoms with Crippen LogP contribution in [0.4, 0.5) is 4.39 Å². The summed E-state index contributed by atoms with van der Waals surface area (Å²) in [5, 5.41) is 7.30. The number of nitrogens with one attached hydrogen (secondary N) is 1. The Balaban J connectivity index is 1.94. The van der Waals surface area contributed by atoms with Crippen molar-refractivity contribution in [1.29, 1.82) is 0 Å². The second kappa shape index (κ2) is 5.02. The van der Waals surface area contributed by atoms with Crippen molar-refractivity contribution >= 4 is 15.9 Å². The molecule has 1 aliphatic rings. The average molecular weight is 326 g/mol. The van der Waals surface area contributed by atoms with Crippen LogP contribution in [0.1, 0.15) is 25.2 Å². The quantitative estimate of drug-likeness (QED) is 0.921. The molecular formula is C13H13BrFN3O. The lowest BCUT2D eigenvalue weighted by Gasteiger charge is -2.08. The van der Waals surface area contributed by atoms with Gasteiger partial charge in [0.1, 0.15) is 5.82 Å². The molecule has 0 bridgehead atoms. The molecule has 0 saturated carbocycles. The van der Waals surface area contributed by atoms with Crippen molar-refractivity contribution in [1.82, 2.24) is 15.5 Å². The van der Waals surface area contributed by atoms with E-state index in [9.17, 15) is 4.39 Å². The zero-order chi connectivity index (χ0) is 13.4. The molecule has 2 unspecified atom stereocenters. The molecule has 2 aromatic rings. The minimum Gasteiger partial charge on any atom is -0.339 e. The molecule has 100 valence electrons. The largest absolute Gasteiger partial charge is 0.339 e. The summed E-state index contributed by atoms with van der Waals surface area (Å²) in [4.78, 5) is 4.40. The fraction of sp³-hybridized carbons (Fsp3) is 0.385. The van der Waals surface area contributed by atoms with E-state index in [-0.39, 0.29) is 11.7 Å². The van der Waals surface area contributed by atoms with Gasteiger partial charge in [0.15, 0.2) is 0 Å². The predicted molar refractivity (Wildman–Crippen MR) is 72.2 cm³/mol. The normalized spacial score (nSPS) is 22.9. The van der Waals surface area contributed by atoms with Crippen molar-refractivity contribution in [3.05, 3.63) is 34.4 Å². The predicted octanol–water partition coefficient (Wildman–Crippen LogP) is 3.10. The first-order valence-corrected chi connectivity index (χ1v) is 6.97. The molecule has 0 spiro atoms. The average Bonchev–Trinajstić information content (AvgIpc) is 3.00. The Morgan fingerprint density at radius 1 is 1.47 bits per heavy atom. The highest BCUT2D eigenvalue weighted by Gasteiger charge is 2.29. The SMILES string of the molecule is CC1NCCC1c1nc(-c2cc(F)ccc2Br)no1. The van der Waals surface area contributed by atoms with Crippen molar-refractivity contribution in [3.8, 4) is 11.4 Å². The van der Waals surface area contributed by atoms with Crippen LogP contribution in [0.3, 0.4) is 0 Å². The first kappa shape index (κ1) is 12.7. The highest BCUT2D eigenvalue weighted by molar-refractivity contribution is 9.10. The zero-order valence-electron chi connectivity index (χ0n) is 10.4. The van der Waals surface area contributed by atoms with Crippen molar-refractivity contribution in [2.45, 2.75) is 25.3 Å². The third-order valence-electron chi connectivity index (χ3n) is 3.45. The first-order valence-electron chi connectivity index (χ1n) is 6.17. The van der Waals surface area contributed by atoms with Crippen LogP contribution in [-0.4, -0.2) is 22.7 Å². The van der Waals surface area contributed by atoms with Crippen LogP contribution < -0.4 is 5.32 Å². The smallest absolute Gasteiger partial charge is 0.231 e. The van der Waals surface area contributed by atoms with E-state index in [1.165, 1.54) is 12.1 Å². The standard InChI is InChI=1S/C13H13BrFN3O/c1-7-9(4-5-16-7)13-17-12(18-19-13)10-6-8(15)2-3-11(10)14/h2-3,6-7,9,16H,4-5H2,1H3. The molecule has 1 N–H and O–H groups in total. The van der Waals surface area contributed by atoms with Gasteiger partial charge in [0.2, 0.25) is 11.7 Å². The summed E-state index contributed by atoms with van der Waals surface area (Å²) in [6.45, 7) is 3.05. The monoisotopic (exact) mass is 325 g/mol. The fourth-order valence-corrected chi connectivity index (χ4v) is 2.78. The Morgan fingerprint density at radius 2 is 2.32 bits per heavy atom. The summed E-state index contributed by atoms with van der Waals surface area (Å²) in [5.74, 6) is 0.943. The fourth-order valence-electron chi connectivity index (χ4n) is 2.36. The third-order valence-corrected chi connectivity index (χ3v) is 4.14. The molecule has 1 aromatic heterocycles. The highest BCUT2D eigenvalue weighted by atomic mass is 79.9. The zero-order valence-corrected chi connectivity index (χ0v) is 11.9. The third kappa shape index (κ3) is 2.42. The van der Waals surface area contributed by atoms with Gasteiger partial charge >= 0.3 is 0 Å². The molecule has 3 rings (SSSR count). The summed E-state index contributed by atoms with van der Waals surface area (Å²) >= 11 is 3.37. The Kier molecular flexibility index (Phi) is 3.36. The molecule has 1 aromatic carbocycles. The van der Waals surface area contributed by atoms with E-state index in [1.54, 1.807) is 6.07 Å². The van der Waals surface area contributed by atoms with E-state index in [1.807, 2.05) is 0 Å². The van der Waals surface area contributed by atoms with E-state index in [4.69, 9.17) is 4.52 Å². The maximum absolute atomic E-state index is 13.3. The molecule has 6 heteroatoms. The van der Waals surface area contributed by atoms with Crippen LogP contribution in [0.5, 0.6) is 0 Å². The van der Waals surface area contributed by atoms with E-state index in [0.29, 0.717) is 23.3 Å². The van der Waals surface area contributed by atoms with E-state index >= 15 is 0 Å². The van der Waals surface area contributed by atoms with Crippen LogP contribution in [0.15, 0.2) is 27.2 Å². The molecule has 1 fully saturated rings. The van der Waals surface area contributed by atoms with Crippen molar-refractivity contribution in [3.63, 3.8) is 0 Å². The van der Waals surface area contributed by atoms with Crippen molar-refractivity contribution in [2.75, 3.05) is 6.54 Å². The maximum atomic E-state index is 13.3. The molecule has 0 radical (unpaired) electrons. The van der Waals surface area contributed by atoms with Crippen LogP contribution in [0.25, 0.3) is 11.4 Å². The number of hydrogen-bond acceptors (Lipinski definition) is 4. The van der Waals surface area contributed by atoms with Gasteiger partial charge in [-0.15, -0.1) is 0 Å². The van der Waals surface area contributed by atoms with Gasteiger partial charge in [-0.1, -0.05) is 21.1 Å². The number of rotatable bonds is 2. The molecule has 2 heterocycles. The van der Waals surface area contributed by atoms with E-state index in [2.05, 4.69) is 38.3 Å². The number of benzene rings is 1. The molecule has 2 atom stereocenters.